The zero-order chi connectivity index (χ0) is 40.8. The number of esters is 2. The van der Waals surface area contributed by atoms with Crippen molar-refractivity contribution in [3.8, 4) is 0 Å². The van der Waals surface area contributed by atoms with Crippen molar-refractivity contribution >= 4 is 17.7 Å². The molecule has 0 spiro atoms. The molecule has 2 rings (SSSR count). The first-order valence-corrected chi connectivity index (χ1v) is 18.1. The van der Waals surface area contributed by atoms with Crippen LogP contribution in [0.4, 0.5) is 26.3 Å². The number of methoxy groups -OCH3 is 2. The molecule has 0 heterocycles. The molecule has 6 atom stereocenters. The van der Waals surface area contributed by atoms with E-state index < -0.39 is 59.2 Å². The van der Waals surface area contributed by atoms with Crippen LogP contribution >= 0.6 is 0 Å². The van der Waals surface area contributed by atoms with Crippen molar-refractivity contribution in [1.82, 2.24) is 0 Å². The number of aliphatic hydroxyl groups is 1. The molecule has 54 heavy (non-hydrogen) atoms. The zero-order valence-corrected chi connectivity index (χ0v) is 31.9. The van der Waals surface area contributed by atoms with E-state index in [0.29, 0.717) is 38.5 Å². The van der Waals surface area contributed by atoms with Gasteiger partial charge in [0.25, 0.3) is 11.2 Å². The molecule has 0 fully saturated rings. The minimum atomic E-state index is -5.09. The lowest BCUT2D eigenvalue weighted by atomic mass is 9.88. The van der Waals surface area contributed by atoms with Crippen LogP contribution < -0.4 is 0 Å². The molecule has 0 bridgehead atoms. The number of rotatable bonds is 23. The quantitative estimate of drug-likeness (QED) is 0.0881. The number of alkyl halides is 6. The van der Waals surface area contributed by atoms with Crippen LogP contribution in [0.2, 0.25) is 0 Å². The van der Waals surface area contributed by atoms with Crippen molar-refractivity contribution in [2.75, 3.05) is 27.4 Å². The number of hydrogen-bond acceptors (Lipinski definition) is 8. The number of hydrogen-bond donors (Lipinski definition) is 1. The maximum absolute atomic E-state index is 14.1. The van der Waals surface area contributed by atoms with Crippen molar-refractivity contribution in [2.24, 2.45) is 17.8 Å². The predicted molar refractivity (Wildman–Crippen MR) is 189 cm³/mol. The minimum absolute atomic E-state index is 0.0461. The van der Waals surface area contributed by atoms with Gasteiger partial charge in [-0.1, -0.05) is 101 Å². The van der Waals surface area contributed by atoms with Crippen LogP contribution in [-0.4, -0.2) is 68.2 Å². The Balaban J connectivity index is 1.72. The van der Waals surface area contributed by atoms with Gasteiger partial charge in [0.1, 0.15) is 5.78 Å². The fourth-order valence-electron chi connectivity index (χ4n) is 6.34. The van der Waals surface area contributed by atoms with E-state index in [0.717, 1.165) is 44.9 Å². The maximum Gasteiger partial charge on any atom is 0.432 e. The van der Waals surface area contributed by atoms with Crippen molar-refractivity contribution in [3.63, 3.8) is 0 Å². The minimum Gasteiger partial charge on any atom is -0.463 e. The molecule has 0 saturated heterocycles. The van der Waals surface area contributed by atoms with E-state index in [4.69, 9.17) is 18.9 Å². The number of Topliss-reactive ketones (excluding diaryl/α,β-unsaturated/α-hetero) is 1. The second-order valence-electron chi connectivity index (χ2n) is 14.4. The van der Waals surface area contributed by atoms with E-state index in [1.807, 2.05) is 6.92 Å². The van der Waals surface area contributed by atoms with Gasteiger partial charge in [-0.25, -0.2) is 9.59 Å². The Morgan fingerprint density at radius 1 is 0.648 bits per heavy atom. The molecule has 0 aliphatic carbocycles. The number of ketones is 1. The molecule has 1 N–H and O–H groups in total. The highest BCUT2D eigenvalue weighted by molar-refractivity contribution is 5.83. The van der Waals surface area contributed by atoms with Gasteiger partial charge in [-0.3, -0.25) is 4.79 Å². The highest BCUT2D eigenvalue weighted by Gasteiger charge is 2.65. The van der Waals surface area contributed by atoms with E-state index in [9.17, 15) is 45.8 Å². The normalized spacial score (nSPS) is 17.3. The molecule has 2 aromatic rings. The predicted octanol–water partition coefficient (Wildman–Crippen LogP) is 9.02. The van der Waals surface area contributed by atoms with E-state index in [-0.39, 0.29) is 42.6 Å². The Labute approximate surface area is 313 Å². The number of benzene rings is 2. The number of ether oxygens (including phenoxy) is 4. The first kappa shape index (κ1) is 46.7. The summed E-state index contributed by atoms with van der Waals surface area (Å²) in [6.07, 6.45) is -5.92. The van der Waals surface area contributed by atoms with Gasteiger partial charge in [0.2, 0.25) is 0 Å². The summed E-state index contributed by atoms with van der Waals surface area (Å²) in [6.45, 7) is 6.42. The van der Waals surface area contributed by atoms with Gasteiger partial charge in [-0.2, -0.15) is 26.3 Å². The van der Waals surface area contributed by atoms with Crippen LogP contribution in [0.1, 0.15) is 96.6 Å². The van der Waals surface area contributed by atoms with Crippen LogP contribution in [0.15, 0.2) is 60.7 Å². The van der Waals surface area contributed by atoms with Gasteiger partial charge in [-0.15, -0.1) is 0 Å². The maximum atomic E-state index is 14.1. The standard InChI is InChI=1S/C40H54F6O8/c1-28(21-22-33(47)30(3)23-26-53-34(48)37(51-5,39(41,42)43)31-17-9-7-10-18-31)15-13-24-36(4,50)25-14-16-29(2)27-54-35(49)38(52-6,40(44,45)46)32-19-11-8-12-20-32/h7-12,17-20,28-30,50H,13-16,21-27H2,1-6H3/t28-,29+,30+,36-,37?,38?/m0/s1. The Hall–Kier alpha value is -3.49. The van der Waals surface area contributed by atoms with E-state index in [1.54, 1.807) is 20.8 Å². The molecule has 304 valence electrons. The second kappa shape index (κ2) is 20.4. The number of carbonyl (C=O) groups is 3. The first-order valence-electron chi connectivity index (χ1n) is 18.1. The Morgan fingerprint density at radius 2 is 1.07 bits per heavy atom. The average molecular weight is 777 g/mol. The molecule has 0 aliphatic rings. The van der Waals surface area contributed by atoms with Gasteiger partial charge in [0.15, 0.2) is 0 Å². The van der Waals surface area contributed by atoms with Crippen LogP contribution in [0.5, 0.6) is 0 Å². The summed E-state index contributed by atoms with van der Waals surface area (Å²) in [5.41, 5.74) is -8.34. The van der Waals surface area contributed by atoms with E-state index >= 15 is 0 Å². The molecule has 8 nitrogen and oxygen atoms in total. The highest BCUT2D eigenvalue weighted by atomic mass is 19.4. The summed E-state index contributed by atoms with van der Waals surface area (Å²) in [4.78, 5) is 38.2. The lowest BCUT2D eigenvalue weighted by Gasteiger charge is -2.32. The van der Waals surface area contributed by atoms with Gasteiger partial charge in [0, 0.05) is 37.7 Å². The fourth-order valence-corrected chi connectivity index (χ4v) is 6.34. The third kappa shape index (κ3) is 12.3. The first-order chi connectivity index (χ1) is 25.2. The lowest BCUT2D eigenvalue weighted by molar-refractivity contribution is -0.277. The monoisotopic (exact) mass is 776 g/mol. The van der Waals surface area contributed by atoms with E-state index in [1.165, 1.54) is 36.4 Å². The third-order valence-corrected chi connectivity index (χ3v) is 9.89. The summed E-state index contributed by atoms with van der Waals surface area (Å²) < 4.78 is 104. The molecule has 2 unspecified atom stereocenters. The van der Waals surface area contributed by atoms with Crippen LogP contribution in [0.25, 0.3) is 0 Å². The van der Waals surface area contributed by atoms with Crippen molar-refractivity contribution in [2.45, 2.75) is 115 Å². The molecule has 0 saturated carbocycles. The van der Waals surface area contributed by atoms with Gasteiger partial charge >= 0.3 is 24.3 Å². The number of halogens is 6. The van der Waals surface area contributed by atoms with Crippen molar-refractivity contribution in [1.29, 1.82) is 0 Å². The largest absolute Gasteiger partial charge is 0.463 e. The number of carbonyl (C=O) groups excluding carboxylic acids is 3. The SMILES string of the molecule is COC(C(=O)OCC[C@@H](C)C(=O)CC[C@@H](C)CCC[C@](C)(O)CCC[C@@H](C)COC(=O)C(OC)(c1ccccc1)C(F)(F)F)(c1ccccc1)C(F)(F)F. The Kier molecular flexibility index (Phi) is 17.7. The third-order valence-electron chi connectivity index (χ3n) is 9.89. The average Bonchev–Trinajstić information content (AvgIpc) is 3.10. The molecular formula is C40H54F6O8. The highest BCUT2D eigenvalue weighted by Crippen LogP contribution is 2.44. The molecule has 0 radical (unpaired) electrons. The topological polar surface area (TPSA) is 108 Å². The van der Waals surface area contributed by atoms with Crippen LogP contribution in [0, 0.1) is 17.8 Å². The van der Waals surface area contributed by atoms with Crippen LogP contribution in [0.3, 0.4) is 0 Å². The Bertz CT molecular complexity index is 1450. The zero-order valence-electron chi connectivity index (χ0n) is 31.9. The smallest absolute Gasteiger partial charge is 0.432 e. The fraction of sp³-hybridized carbons (Fsp3) is 0.625. The Morgan fingerprint density at radius 3 is 1.50 bits per heavy atom. The molecule has 0 amide bonds. The van der Waals surface area contributed by atoms with Crippen molar-refractivity contribution in [3.05, 3.63) is 71.8 Å². The molecular weight excluding hydrogens is 722 g/mol. The van der Waals surface area contributed by atoms with Gasteiger partial charge in [0.05, 0.1) is 18.8 Å². The molecule has 2 aromatic carbocycles. The molecule has 14 heteroatoms. The summed E-state index contributed by atoms with van der Waals surface area (Å²) >= 11 is 0. The summed E-state index contributed by atoms with van der Waals surface area (Å²) in [5.74, 6) is -3.93. The molecule has 0 aromatic heterocycles. The van der Waals surface area contributed by atoms with Crippen LogP contribution in [-0.2, 0) is 44.5 Å². The lowest BCUT2D eigenvalue weighted by Crippen LogP contribution is -2.52. The van der Waals surface area contributed by atoms with Gasteiger partial charge < -0.3 is 24.1 Å². The summed E-state index contributed by atoms with van der Waals surface area (Å²) in [6, 6.07) is 13.1. The van der Waals surface area contributed by atoms with Gasteiger partial charge in [-0.05, 0) is 50.9 Å². The second-order valence-corrected chi connectivity index (χ2v) is 14.4. The van der Waals surface area contributed by atoms with E-state index in [2.05, 4.69) is 0 Å². The molecule has 0 aliphatic heterocycles. The summed E-state index contributed by atoms with van der Waals surface area (Å²) in [5, 5.41) is 10.9. The summed E-state index contributed by atoms with van der Waals surface area (Å²) in [7, 11) is 1.60. The van der Waals surface area contributed by atoms with Crippen molar-refractivity contribution < 1.29 is 64.8 Å².